The fourth-order valence-electron chi connectivity index (χ4n) is 1.70. The summed E-state index contributed by atoms with van der Waals surface area (Å²) in [5.41, 5.74) is -0.159. The van der Waals surface area contributed by atoms with Crippen LogP contribution in [-0.4, -0.2) is 33.1 Å². The summed E-state index contributed by atoms with van der Waals surface area (Å²) in [7, 11) is 0. The lowest BCUT2D eigenvalue weighted by atomic mass is 10.00. The maximum absolute atomic E-state index is 11.8. The molecule has 1 fully saturated rings. The lowest BCUT2D eigenvalue weighted by Gasteiger charge is -2.09. The van der Waals surface area contributed by atoms with Crippen LogP contribution in [0.5, 0.6) is 0 Å². The Balaban J connectivity index is 2.37. The Bertz CT molecular complexity index is 487. The summed E-state index contributed by atoms with van der Waals surface area (Å²) in [5, 5.41) is 14.6. The molecule has 0 bridgehead atoms. The van der Waals surface area contributed by atoms with Crippen LogP contribution in [0.3, 0.4) is 0 Å². The van der Waals surface area contributed by atoms with Gasteiger partial charge in [-0.1, -0.05) is 13.8 Å². The third kappa shape index (κ3) is 1.59. The van der Waals surface area contributed by atoms with Crippen molar-refractivity contribution in [2.45, 2.75) is 13.8 Å². The number of aromatic carboxylic acids is 1. The minimum Gasteiger partial charge on any atom is -0.477 e. The highest BCUT2D eigenvalue weighted by Crippen LogP contribution is 2.29. The van der Waals surface area contributed by atoms with Crippen molar-refractivity contribution in [3.05, 3.63) is 11.8 Å². The van der Waals surface area contributed by atoms with Gasteiger partial charge in [0.25, 0.3) is 0 Å². The largest absolute Gasteiger partial charge is 0.477 e. The Morgan fingerprint density at radius 3 is 2.29 bits per heavy atom. The van der Waals surface area contributed by atoms with Gasteiger partial charge in [0.1, 0.15) is 5.69 Å². The number of imide groups is 1. The van der Waals surface area contributed by atoms with E-state index in [2.05, 4.69) is 10.2 Å². The van der Waals surface area contributed by atoms with Gasteiger partial charge in [0.2, 0.25) is 11.8 Å². The number of aromatic nitrogens is 2. The van der Waals surface area contributed by atoms with E-state index in [0.717, 1.165) is 4.90 Å². The van der Waals surface area contributed by atoms with Gasteiger partial charge in [-0.25, -0.2) is 9.69 Å². The zero-order valence-corrected chi connectivity index (χ0v) is 9.30. The molecule has 2 heterocycles. The minimum atomic E-state index is -1.19. The number of nitrogens with one attached hydrogen (secondary N) is 1. The summed E-state index contributed by atoms with van der Waals surface area (Å²) in [4.78, 5) is 35.2. The first-order chi connectivity index (χ1) is 7.93. The lowest BCUT2D eigenvalue weighted by molar-refractivity contribution is -0.122. The van der Waals surface area contributed by atoms with Crippen molar-refractivity contribution in [3.63, 3.8) is 0 Å². The maximum Gasteiger partial charge on any atom is 0.353 e. The van der Waals surface area contributed by atoms with Crippen LogP contribution in [0.2, 0.25) is 0 Å². The Kier molecular flexibility index (Phi) is 2.45. The summed E-state index contributed by atoms with van der Waals surface area (Å²) in [6.45, 7) is 3.32. The lowest BCUT2D eigenvalue weighted by Crippen LogP contribution is -2.30. The van der Waals surface area contributed by atoms with Crippen LogP contribution in [0.1, 0.15) is 24.3 Å². The van der Waals surface area contributed by atoms with Gasteiger partial charge in [-0.15, -0.1) is 0 Å². The Labute approximate surface area is 96.4 Å². The van der Waals surface area contributed by atoms with Gasteiger partial charge in [0.15, 0.2) is 5.82 Å². The third-order valence-corrected chi connectivity index (χ3v) is 2.99. The van der Waals surface area contributed by atoms with Crippen molar-refractivity contribution in [2.24, 2.45) is 11.8 Å². The summed E-state index contributed by atoms with van der Waals surface area (Å²) >= 11 is 0. The van der Waals surface area contributed by atoms with Gasteiger partial charge >= 0.3 is 5.97 Å². The van der Waals surface area contributed by atoms with E-state index in [0.29, 0.717) is 0 Å². The van der Waals surface area contributed by atoms with Gasteiger partial charge in [-0.2, -0.15) is 5.10 Å². The molecule has 1 aromatic heterocycles. The van der Waals surface area contributed by atoms with Crippen molar-refractivity contribution in [3.8, 4) is 0 Å². The van der Waals surface area contributed by atoms with E-state index in [-0.39, 0.29) is 23.3 Å². The quantitative estimate of drug-likeness (QED) is 0.718. The van der Waals surface area contributed by atoms with Gasteiger partial charge < -0.3 is 5.11 Å². The number of nitrogens with zero attached hydrogens (tertiary/aromatic N) is 2. The summed E-state index contributed by atoms with van der Waals surface area (Å²) in [6, 6.07) is 1.17. The molecule has 0 saturated carbocycles. The zero-order valence-electron chi connectivity index (χ0n) is 9.30. The number of anilines is 1. The van der Waals surface area contributed by atoms with Crippen LogP contribution in [0, 0.1) is 11.8 Å². The Morgan fingerprint density at radius 2 is 1.88 bits per heavy atom. The Hall–Kier alpha value is -2.18. The van der Waals surface area contributed by atoms with E-state index in [1.165, 1.54) is 6.07 Å². The van der Waals surface area contributed by atoms with Crippen molar-refractivity contribution >= 4 is 23.6 Å². The fraction of sp³-hybridized carbons (Fsp3) is 0.400. The van der Waals surface area contributed by atoms with Crippen LogP contribution in [0.25, 0.3) is 0 Å². The number of carbonyl (C=O) groups excluding carboxylic acids is 2. The first-order valence-electron chi connectivity index (χ1n) is 5.10. The second-order valence-electron chi connectivity index (χ2n) is 4.03. The molecule has 2 atom stereocenters. The SMILES string of the molecule is CC1C(=O)N(c2cc(C(=O)O)[nH]n2)C(=O)C1C. The third-order valence-electron chi connectivity index (χ3n) is 2.99. The molecule has 2 amide bonds. The number of carboxylic acid groups (broad SMARTS) is 1. The van der Waals surface area contributed by atoms with E-state index in [1.807, 2.05) is 0 Å². The predicted molar refractivity (Wildman–Crippen MR) is 56.4 cm³/mol. The molecule has 0 radical (unpaired) electrons. The number of carbonyl (C=O) groups is 3. The van der Waals surface area contributed by atoms with Crippen LogP contribution in [-0.2, 0) is 9.59 Å². The second-order valence-corrected chi connectivity index (χ2v) is 4.03. The van der Waals surface area contributed by atoms with Gasteiger partial charge in [0.05, 0.1) is 0 Å². The number of carboxylic acids is 1. The molecule has 7 heteroatoms. The molecule has 1 aromatic rings. The first-order valence-corrected chi connectivity index (χ1v) is 5.10. The molecule has 1 aliphatic heterocycles. The molecule has 2 rings (SSSR count). The molecule has 0 spiro atoms. The van der Waals surface area contributed by atoms with Crippen LogP contribution >= 0.6 is 0 Å². The topological polar surface area (TPSA) is 103 Å². The average molecular weight is 237 g/mol. The number of hydrogen-bond donors (Lipinski definition) is 2. The normalized spacial score (nSPS) is 24.5. The van der Waals surface area contributed by atoms with Crippen molar-refractivity contribution in [1.82, 2.24) is 10.2 Å². The number of amides is 2. The second kappa shape index (κ2) is 3.69. The molecular weight excluding hydrogens is 226 g/mol. The van der Waals surface area contributed by atoms with E-state index in [1.54, 1.807) is 13.8 Å². The van der Waals surface area contributed by atoms with E-state index >= 15 is 0 Å². The number of aromatic amines is 1. The zero-order chi connectivity index (χ0) is 12.7. The predicted octanol–water partition coefficient (Wildman–Crippen LogP) is 0.253. The molecule has 1 aliphatic rings. The molecular formula is C10H11N3O4. The molecule has 2 unspecified atom stereocenters. The van der Waals surface area contributed by atoms with Crippen molar-refractivity contribution in [2.75, 3.05) is 4.90 Å². The van der Waals surface area contributed by atoms with E-state index in [9.17, 15) is 14.4 Å². The minimum absolute atomic E-state index is 0.0357. The molecule has 1 saturated heterocycles. The maximum atomic E-state index is 11.8. The van der Waals surface area contributed by atoms with Crippen molar-refractivity contribution in [1.29, 1.82) is 0 Å². The molecule has 7 nitrogen and oxygen atoms in total. The molecule has 17 heavy (non-hydrogen) atoms. The Morgan fingerprint density at radius 1 is 1.35 bits per heavy atom. The fourth-order valence-corrected chi connectivity index (χ4v) is 1.70. The van der Waals surface area contributed by atoms with Crippen LogP contribution in [0.4, 0.5) is 5.82 Å². The van der Waals surface area contributed by atoms with Crippen LogP contribution < -0.4 is 4.90 Å². The van der Waals surface area contributed by atoms with Gasteiger partial charge in [-0.05, 0) is 0 Å². The average Bonchev–Trinajstić information content (AvgIpc) is 2.81. The van der Waals surface area contributed by atoms with Crippen LogP contribution in [0.15, 0.2) is 6.07 Å². The molecule has 90 valence electrons. The van der Waals surface area contributed by atoms with E-state index in [4.69, 9.17) is 5.11 Å². The smallest absolute Gasteiger partial charge is 0.353 e. The van der Waals surface area contributed by atoms with Crippen molar-refractivity contribution < 1.29 is 19.5 Å². The highest BCUT2D eigenvalue weighted by molar-refractivity contribution is 6.21. The molecule has 2 N–H and O–H groups in total. The first kappa shape index (κ1) is 11.3. The summed E-state index contributed by atoms with van der Waals surface area (Å²) in [6.07, 6.45) is 0. The number of hydrogen-bond acceptors (Lipinski definition) is 4. The standard InChI is InChI=1S/C10H11N3O4/c1-4-5(2)9(15)13(8(4)14)7-3-6(10(16)17)11-12-7/h3-5H,1-2H3,(H,11,12)(H,16,17). The highest BCUT2D eigenvalue weighted by atomic mass is 16.4. The monoisotopic (exact) mass is 237 g/mol. The van der Waals surface area contributed by atoms with Gasteiger partial charge in [0, 0.05) is 17.9 Å². The number of rotatable bonds is 2. The highest BCUT2D eigenvalue weighted by Gasteiger charge is 2.44. The number of H-pyrrole nitrogens is 1. The van der Waals surface area contributed by atoms with Gasteiger partial charge in [-0.3, -0.25) is 14.7 Å². The molecule has 0 aromatic carbocycles. The summed E-state index contributed by atoms with van der Waals surface area (Å²) < 4.78 is 0. The summed E-state index contributed by atoms with van der Waals surface area (Å²) in [5.74, 6) is -2.69. The van der Waals surface area contributed by atoms with E-state index < -0.39 is 17.8 Å². The molecule has 0 aliphatic carbocycles.